The predicted molar refractivity (Wildman–Crippen MR) is 85.4 cm³/mol. The van der Waals surface area contributed by atoms with Crippen LogP contribution in [0.4, 0.5) is 0 Å². The first-order valence-corrected chi connectivity index (χ1v) is 7.97. The molecule has 0 spiro atoms. The molecule has 0 heterocycles. The highest BCUT2D eigenvalue weighted by molar-refractivity contribution is 5.53. The van der Waals surface area contributed by atoms with E-state index < -0.39 is 0 Å². The summed E-state index contributed by atoms with van der Waals surface area (Å²) in [4.78, 5) is 0. The fourth-order valence-corrected chi connectivity index (χ4v) is 3.39. The molecule has 0 saturated heterocycles. The molecule has 0 amide bonds. The second-order valence-electron chi connectivity index (χ2n) is 6.53. The standard InChI is InChI=1S/C18H26N2/c1-13(11-14-5-3-2-4-6-14)17-12-18(17)20-16-9-7-15(19)8-10-16/h2-6,11,15-18,20H,7-10,12,19H2,1H3/b13-11+/t15-,16-,17-,18+/m1/s1. The van der Waals surface area contributed by atoms with Crippen LogP contribution in [0.5, 0.6) is 0 Å². The Morgan fingerprint density at radius 1 is 1.15 bits per heavy atom. The van der Waals surface area contributed by atoms with Crippen LogP contribution in [0.2, 0.25) is 0 Å². The van der Waals surface area contributed by atoms with Crippen LogP contribution >= 0.6 is 0 Å². The first-order valence-electron chi connectivity index (χ1n) is 7.97. The maximum atomic E-state index is 5.97. The average molecular weight is 270 g/mol. The van der Waals surface area contributed by atoms with E-state index in [4.69, 9.17) is 5.73 Å². The van der Waals surface area contributed by atoms with E-state index in [0.717, 1.165) is 5.92 Å². The monoisotopic (exact) mass is 270 g/mol. The van der Waals surface area contributed by atoms with Crippen LogP contribution in [0, 0.1) is 5.92 Å². The lowest BCUT2D eigenvalue weighted by molar-refractivity contribution is 0.338. The van der Waals surface area contributed by atoms with E-state index in [2.05, 4.69) is 48.6 Å². The first-order chi connectivity index (χ1) is 9.72. The fourth-order valence-electron chi connectivity index (χ4n) is 3.39. The largest absolute Gasteiger partial charge is 0.328 e. The molecule has 2 atom stereocenters. The van der Waals surface area contributed by atoms with Gasteiger partial charge in [-0.3, -0.25) is 0 Å². The topological polar surface area (TPSA) is 38.0 Å². The Balaban J connectivity index is 1.50. The van der Waals surface area contributed by atoms with Gasteiger partial charge in [0, 0.05) is 18.1 Å². The third-order valence-electron chi connectivity index (χ3n) is 4.79. The zero-order valence-electron chi connectivity index (χ0n) is 12.4. The molecule has 0 bridgehead atoms. The van der Waals surface area contributed by atoms with Crippen molar-refractivity contribution >= 4 is 6.08 Å². The van der Waals surface area contributed by atoms with E-state index in [9.17, 15) is 0 Å². The molecule has 2 nitrogen and oxygen atoms in total. The summed E-state index contributed by atoms with van der Waals surface area (Å²) < 4.78 is 0. The maximum absolute atomic E-state index is 5.97. The highest BCUT2D eigenvalue weighted by Gasteiger charge is 2.39. The van der Waals surface area contributed by atoms with Crippen molar-refractivity contribution in [3.63, 3.8) is 0 Å². The smallest absolute Gasteiger partial charge is 0.0142 e. The van der Waals surface area contributed by atoms with Gasteiger partial charge in [-0.05, 0) is 50.5 Å². The normalized spacial score (nSPS) is 34.0. The highest BCUT2D eigenvalue weighted by atomic mass is 15.0. The van der Waals surface area contributed by atoms with Gasteiger partial charge < -0.3 is 11.1 Å². The summed E-state index contributed by atoms with van der Waals surface area (Å²) in [5.41, 5.74) is 8.80. The van der Waals surface area contributed by atoms with Gasteiger partial charge in [0.1, 0.15) is 0 Å². The van der Waals surface area contributed by atoms with Crippen molar-refractivity contribution < 1.29 is 0 Å². The Morgan fingerprint density at radius 3 is 2.55 bits per heavy atom. The molecule has 1 aromatic rings. The lowest BCUT2D eigenvalue weighted by Gasteiger charge is -2.27. The minimum atomic E-state index is 0.447. The second-order valence-corrected chi connectivity index (χ2v) is 6.53. The van der Waals surface area contributed by atoms with Crippen LogP contribution in [0.25, 0.3) is 6.08 Å². The van der Waals surface area contributed by atoms with Gasteiger partial charge >= 0.3 is 0 Å². The van der Waals surface area contributed by atoms with Gasteiger partial charge in [-0.15, -0.1) is 0 Å². The maximum Gasteiger partial charge on any atom is 0.0142 e. The summed E-state index contributed by atoms with van der Waals surface area (Å²) >= 11 is 0. The Kier molecular flexibility index (Phi) is 4.23. The lowest BCUT2D eigenvalue weighted by Crippen LogP contribution is -2.38. The molecule has 0 unspecified atom stereocenters. The molecule has 2 saturated carbocycles. The summed E-state index contributed by atoms with van der Waals surface area (Å²) in [6, 6.07) is 12.5. The Morgan fingerprint density at radius 2 is 1.85 bits per heavy atom. The quantitative estimate of drug-likeness (QED) is 0.880. The van der Waals surface area contributed by atoms with Crippen molar-refractivity contribution in [1.82, 2.24) is 5.32 Å². The number of hydrogen-bond donors (Lipinski definition) is 2. The SMILES string of the molecule is C/C(=C\c1ccccc1)[C@H]1C[C@@H]1N[C@H]1CC[C@H](N)CC1. The summed E-state index contributed by atoms with van der Waals surface area (Å²) in [5, 5.41) is 3.83. The molecule has 2 aliphatic rings. The van der Waals surface area contributed by atoms with E-state index in [1.165, 1.54) is 43.2 Å². The Labute approximate surface area is 122 Å². The third kappa shape index (κ3) is 3.50. The lowest BCUT2D eigenvalue weighted by atomic mass is 9.92. The first kappa shape index (κ1) is 13.8. The van der Waals surface area contributed by atoms with Crippen LogP contribution in [-0.4, -0.2) is 18.1 Å². The molecular weight excluding hydrogens is 244 g/mol. The molecule has 108 valence electrons. The van der Waals surface area contributed by atoms with Crippen LogP contribution in [0.3, 0.4) is 0 Å². The number of hydrogen-bond acceptors (Lipinski definition) is 2. The van der Waals surface area contributed by atoms with Crippen molar-refractivity contribution in [2.24, 2.45) is 11.7 Å². The van der Waals surface area contributed by atoms with Gasteiger partial charge in [-0.25, -0.2) is 0 Å². The minimum absolute atomic E-state index is 0.447. The Hall–Kier alpha value is -1.12. The molecule has 2 fully saturated rings. The average Bonchev–Trinajstić information content (AvgIpc) is 3.22. The number of rotatable bonds is 4. The zero-order valence-corrected chi connectivity index (χ0v) is 12.4. The van der Waals surface area contributed by atoms with Gasteiger partial charge in [0.15, 0.2) is 0 Å². The van der Waals surface area contributed by atoms with Crippen LogP contribution in [-0.2, 0) is 0 Å². The van der Waals surface area contributed by atoms with Crippen molar-refractivity contribution in [1.29, 1.82) is 0 Å². The number of nitrogens with one attached hydrogen (secondary N) is 1. The van der Waals surface area contributed by atoms with Crippen molar-refractivity contribution in [3.05, 3.63) is 41.5 Å². The number of nitrogens with two attached hydrogens (primary N) is 1. The van der Waals surface area contributed by atoms with Gasteiger partial charge in [0.05, 0.1) is 0 Å². The van der Waals surface area contributed by atoms with Gasteiger partial charge in [-0.2, -0.15) is 0 Å². The molecule has 0 aromatic heterocycles. The fraction of sp³-hybridized carbons (Fsp3) is 0.556. The molecule has 2 heteroatoms. The van der Waals surface area contributed by atoms with E-state index >= 15 is 0 Å². The summed E-state index contributed by atoms with van der Waals surface area (Å²) in [6.45, 7) is 2.27. The van der Waals surface area contributed by atoms with Crippen molar-refractivity contribution in [2.75, 3.05) is 0 Å². The van der Waals surface area contributed by atoms with E-state index in [-0.39, 0.29) is 0 Å². The summed E-state index contributed by atoms with van der Waals surface area (Å²) in [6.07, 6.45) is 8.53. The molecule has 20 heavy (non-hydrogen) atoms. The van der Waals surface area contributed by atoms with Gasteiger partial charge in [0.2, 0.25) is 0 Å². The van der Waals surface area contributed by atoms with Crippen molar-refractivity contribution in [3.8, 4) is 0 Å². The van der Waals surface area contributed by atoms with Crippen molar-refractivity contribution in [2.45, 2.75) is 57.2 Å². The minimum Gasteiger partial charge on any atom is -0.328 e. The van der Waals surface area contributed by atoms with E-state index in [0.29, 0.717) is 18.1 Å². The molecule has 2 aliphatic carbocycles. The molecule has 0 aliphatic heterocycles. The molecule has 3 rings (SSSR count). The second kappa shape index (κ2) is 6.11. The number of benzene rings is 1. The summed E-state index contributed by atoms with van der Waals surface area (Å²) in [5.74, 6) is 0.741. The zero-order chi connectivity index (χ0) is 13.9. The van der Waals surface area contributed by atoms with E-state index in [1.807, 2.05) is 0 Å². The highest BCUT2D eigenvalue weighted by Crippen LogP contribution is 2.39. The van der Waals surface area contributed by atoms with Gasteiger partial charge in [0.25, 0.3) is 0 Å². The predicted octanol–water partition coefficient (Wildman–Crippen LogP) is 3.34. The Bertz CT molecular complexity index is 458. The van der Waals surface area contributed by atoms with Crippen LogP contribution in [0.1, 0.15) is 44.6 Å². The summed E-state index contributed by atoms with van der Waals surface area (Å²) in [7, 11) is 0. The van der Waals surface area contributed by atoms with Crippen LogP contribution in [0.15, 0.2) is 35.9 Å². The third-order valence-corrected chi connectivity index (χ3v) is 4.79. The molecule has 1 aromatic carbocycles. The van der Waals surface area contributed by atoms with Crippen LogP contribution < -0.4 is 11.1 Å². The molecular formula is C18H26N2. The molecule has 0 radical (unpaired) electrons. The van der Waals surface area contributed by atoms with E-state index in [1.54, 1.807) is 0 Å². The molecule has 3 N–H and O–H groups in total. The van der Waals surface area contributed by atoms with Gasteiger partial charge in [-0.1, -0.05) is 42.0 Å².